The minimum absolute atomic E-state index is 0.0305. The van der Waals surface area contributed by atoms with E-state index in [1.807, 2.05) is 50.4 Å². The Kier molecular flexibility index (Phi) is 7.98. The van der Waals surface area contributed by atoms with Crippen molar-refractivity contribution in [1.29, 1.82) is 5.41 Å². The Balaban J connectivity index is 1.95. The van der Waals surface area contributed by atoms with Crippen molar-refractivity contribution in [3.05, 3.63) is 65.4 Å². The van der Waals surface area contributed by atoms with Gasteiger partial charge < -0.3 is 15.0 Å². The van der Waals surface area contributed by atoms with E-state index in [0.29, 0.717) is 24.1 Å². The molecular weight excluding hydrogens is 452 g/mol. The minimum Gasteiger partial charge on any atom is -0.465 e. The number of carbonyl (C=O) groups excluding carboxylic acids is 1. The summed E-state index contributed by atoms with van der Waals surface area (Å²) in [5, 5.41) is 8.42. The zero-order chi connectivity index (χ0) is 24.9. The summed E-state index contributed by atoms with van der Waals surface area (Å²) in [6.07, 6.45) is 1.92. The highest BCUT2D eigenvalue weighted by atomic mass is 32.2. The van der Waals surface area contributed by atoms with Crippen LogP contribution in [0.4, 0.5) is 5.69 Å². The summed E-state index contributed by atoms with van der Waals surface area (Å²) in [6.45, 7) is 3.46. The van der Waals surface area contributed by atoms with Crippen molar-refractivity contribution >= 4 is 38.4 Å². The standard InChI is InChI=1S/C25H32N4O4S/c1-4-6-13-34(31,32)29(17-24(30)33-5-2)21-11-12-23-20(15-21)16-22(28(23)3)14-18-7-9-19(10-8-18)25(26)27/h7-12,15-16H,4-6,13-14,17H2,1-3H3,(H3,26,27). The van der Waals surface area contributed by atoms with Crippen LogP contribution in [0.25, 0.3) is 10.9 Å². The van der Waals surface area contributed by atoms with Gasteiger partial charge in [0, 0.05) is 35.6 Å². The van der Waals surface area contributed by atoms with Crippen LogP contribution in [0, 0.1) is 5.41 Å². The minimum atomic E-state index is -3.68. The van der Waals surface area contributed by atoms with E-state index in [0.717, 1.165) is 32.9 Å². The predicted molar refractivity (Wildman–Crippen MR) is 136 cm³/mol. The highest BCUT2D eigenvalue weighted by Crippen LogP contribution is 2.28. The molecular formula is C25H32N4O4S. The molecule has 3 N–H and O–H groups in total. The number of hydrogen-bond donors (Lipinski definition) is 2. The van der Waals surface area contributed by atoms with Crippen LogP contribution >= 0.6 is 0 Å². The van der Waals surface area contributed by atoms with E-state index in [1.165, 1.54) is 0 Å². The second kappa shape index (κ2) is 10.7. The monoisotopic (exact) mass is 484 g/mol. The molecule has 0 aliphatic heterocycles. The zero-order valence-corrected chi connectivity index (χ0v) is 20.7. The van der Waals surface area contributed by atoms with Gasteiger partial charge in [-0.1, -0.05) is 37.6 Å². The average Bonchev–Trinajstić information content (AvgIpc) is 3.11. The lowest BCUT2D eigenvalue weighted by atomic mass is 10.1. The average molecular weight is 485 g/mol. The quantitative estimate of drug-likeness (QED) is 0.245. The summed E-state index contributed by atoms with van der Waals surface area (Å²) in [6, 6.07) is 15.0. The van der Waals surface area contributed by atoms with E-state index >= 15 is 0 Å². The number of carbonyl (C=O) groups is 1. The Hall–Kier alpha value is -3.33. The van der Waals surface area contributed by atoms with Gasteiger partial charge in [0.15, 0.2) is 0 Å². The molecule has 0 radical (unpaired) electrons. The van der Waals surface area contributed by atoms with Crippen LogP contribution in [0.1, 0.15) is 43.5 Å². The lowest BCUT2D eigenvalue weighted by Crippen LogP contribution is -2.38. The van der Waals surface area contributed by atoms with Crippen LogP contribution in [0.3, 0.4) is 0 Å². The fourth-order valence-electron chi connectivity index (χ4n) is 3.84. The number of esters is 1. The first kappa shape index (κ1) is 25.3. The second-order valence-electron chi connectivity index (χ2n) is 8.21. The number of ether oxygens (including phenoxy) is 1. The van der Waals surface area contributed by atoms with E-state index < -0.39 is 16.0 Å². The Morgan fingerprint density at radius 2 is 1.82 bits per heavy atom. The first-order valence-corrected chi connectivity index (χ1v) is 12.9. The summed E-state index contributed by atoms with van der Waals surface area (Å²) >= 11 is 0. The lowest BCUT2D eigenvalue weighted by Gasteiger charge is -2.23. The third-order valence-electron chi connectivity index (χ3n) is 5.73. The molecule has 8 nitrogen and oxygen atoms in total. The van der Waals surface area contributed by atoms with E-state index in [1.54, 1.807) is 19.1 Å². The molecule has 0 unspecified atom stereocenters. The summed E-state index contributed by atoms with van der Waals surface area (Å²) in [7, 11) is -1.72. The van der Waals surface area contributed by atoms with Gasteiger partial charge >= 0.3 is 5.97 Å². The molecule has 182 valence electrons. The normalized spacial score (nSPS) is 11.5. The molecule has 34 heavy (non-hydrogen) atoms. The van der Waals surface area contributed by atoms with Gasteiger partial charge in [0.2, 0.25) is 10.0 Å². The number of fused-ring (bicyclic) bond motifs is 1. The Morgan fingerprint density at radius 1 is 1.12 bits per heavy atom. The number of rotatable bonds is 11. The number of unbranched alkanes of at least 4 members (excludes halogenated alkanes) is 1. The molecule has 0 saturated carbocycles. The van der Waals surface area contributed by atoms with Crippen LogP contribution in [-0.2, 0) is 33.0 Å². The van der Waals surface area contributed by atoms with Gasteiger partial charge in [-0.3, -0.25) is 14.5 Å². The van der Waals surface area contributed by atoms with E-state index in [2.05, 4.69) is 4.57 Å². The molecule has 1 aromatic heterocycles. The van der Waals surface area contributed by atoms with Crippen LogP contribution in [0.2, 0.25) is 0 Å². The van der Waals surface area contributed by atoms with Crippen LogP contribution < -0.4 is 10.0 Å². The predicted octanol–water partition coefficient (Wildman–Crippen LogP) is 3.55. The van der Waals surface area contributed by atoms with Gasteiger partial charge in [-0.2, -0.15) is 0 Å². The van der Waals surface area contributed by atoms with Crippen molar-refractivity contribution < 1.29 is 17.9 Å². The molecule has 0 aliphatic carbocycles. The SMILES string of the molecule is CCCCS(=O)(=O)N(CC(=O)OCC)c1ccc2c(c1)cc(Cc1ccc(C(=N)N)cc1)n2C. The number of sulfonamides is 1. The molecule has 1 heterocycles. The van der Waals surface area contributed by atoms with Gasteiger partial charge in [-0.25, -0.2) is 8.42 Å². The van der Waals surface area contributed by atoms with Crippen molar-refractivity contribution in [3.63, 3.8) is 0 Å². The molecule has 0 saturated heterocycles. The maximum atomic E-state index is 13.0. The molecule has 3 aromatic rings. The molecule has 0 aliphatic rings. The summed E-state index contributed by atoms with van der Waals surface area (Å²) < 4.78 is 34.3. The summed E-state index contributed by atoms with van der Waals surface area (Å²) in [5.41, 5.74) is 9.74. The summed E-state index contributed by atoms with van der Waals surface area (Å²) in [5.74, 6) is -0.576. The number of amidine groups is 1. The summed E-state index contributed by atoms with van der Waals surface area (Å²) in [4.78, 5) is 12.2. The number of nitrogens with one attached hydrogen (secondary N) is 1. The largest absolute Gasteiger partial charge is 0.465 e. The molecule has 0 amide bonds. The smallest absolute Gasteiger partial charge is 0.326 e. The molecule has 0 bridgehead atoms. The maximum absolute atomic E-state index is 13.0. The molecule has 0 atom stereocenters. The van der Waals surface area contributed by atoms with Gasteiger partial charge in [-0.05, 0) is 43.2 Å². The molecule has 0 fully saturated rings. The number of nitrogen functional groups attached to an aromatic ring is 1. The van der Waals surface area contributed by atoms with Crippen LogP contribution in [0.5, 0.6) is 0 Å². The molecule has 3 rings (SSSR count). The zero-order valence-electron chi connectivity index (χ0n) is 19.9. The fourth-order valence-corrected chi connectivity index (χ4v) is 5.45. The number of aromatic nitrogens is 1. The molecule has 0 spiro atoms. The van der Waals surface area contributed by atoms with Crippen molar-refractivity contribution in [1.82, 2.24) is 4.57 Å². The Bertz CT molecular complexity index is 1280. The Labute approximate surface area is 200 Å². The topological polar surface area (TPSA) is 118 Å². The van der Waals surface area contributed by atoms with Gasteiger partial charge in [-0.15, -0.1) is 0 Å². The number of aryl methyl sites for hydroxylation is 1. The number of hydrogen-bond acceptors (Lipinski definition) is 5. The van der Waals surface area contributed by atoms with Gasteiger partial charge in [0.05, 0.1) is 18.0 Å². The maximum Gasteiger partial charge on any atom is 0.326 e. The fraction of sp³-hybridized carbons (Fsp3) is 0.360. The lowest BCUT2D eigenvalue weighted by molar-refractivity contribution is -0.141. The first-order valence-electron chi connectivity index (χ1n) is 11.3. The highest BCUT2D eigenvalue weighted by molar-refractivity contribution is 7.92. The molecule has 9 heteroatoms. The van der Waals surface area contributed by atoms with Crippen molar-refractivity contribution in [2.45, 2.75) is 33.1 Å². The third kappa shape index (κ3) is 5.77. The number of anilines is 1. The van der Waals surface area contributed by atoms with E-state index in [-0.39, 0.29) is 24.7 Å². The van der Waals surface area contributed by atoms with E-state index in [9.17, 15) is 13.2 Å². The number of nitrogens with two attached hydrogens (primary N) is 1. The third-order valence-corrected chi connectivity index (χ3v) is 7.55. The van der Waals surface area contributed by atoms with Crippen molar-refractivity contribution in [2.75, 3.05) is 23.2 Å². The molecule has 2 aromatic carbocycles. The second-order valence-corrected chi connectivity index (χ2v) is 10.2. The van der Waals surface area contributed by atoms with Crippen molar-refractivity contribution in [3.8, 4) is 0 Å². The number of nitrogens with zero attached hydrogens (tertiary/aromatic N) is 2. The van der Waals surface area contributed by atoms with Gasteiger partial charge in [0.25, 0.3) is 0 Å². The van der Waals surface area contributed by atoms with Crippen LogP contribution in [0.15, 0.2) is 48.5 Å². The van der Waals surface area contributed by atoms with Crippen molar-refractivity contribution in [2.24, 2.45) is 12.8 Å². The highest BCUT2D eigenvalue weighted by Gasteiger charge is 2.26. The van der Waals surface area contributed by atoms with E-state index in [4.69, 9.17) is 15.9 Å². The van der Waals surface area contributed by atoms with Gasteiger partial charge in [0.1, 0.15) is 12.4 Å². The number of benzene rings is 2. The first-order chi connectivity index (χ1) is 16.2. The Morgan fingerprint density at radius 3 is 2.44 bits per heavy atom. The van der Waals surface area contributed by atoms with Crippen LogP contribution in [-0.4, -0.2) is 43.7 Å².